The minimum atomic E-state index is 0.529. The van der Waals surface area contributed by atoms with Gasteiger partial charge >= 0.3 is 0 Å². The predicted octanol–water partition coefficient (Wildman–Crippen LogP) is 2.23. The molecule has 0 spiro atoms. The summed E-state index contributed by atoms with van der Waals surface area (Å²) in [6.07, 6.45) is 0. The van der Waals surface area contributed by atoms with Crippen LogP contribution >= 0.6 is 0 Å². The second-order valence-electron chi connectivity index (χ2n) is 3.28. The maximum atomic E-state index is 5.72. The highest BCUT2D eigenvalue weighted by atomic mass is 14.7. The molecule has 2 heteroatoms. The molecule has 0 aliphatic heterocycles. The van der Waals surface area contributed by atoms with E-state index in [0.29, 0.717) is 5.92 Å². The number of hydrogen-bond acceptors (Lipinski definition) is 2. The van der Waals surface area contributed by atoms with Crippen LogP contribution in [0.2, 0.25) is 0 Å². The summed E-state index contributed by atoms with van der Waals surface area (Å²) < 4.78 is 0. The number of anilines is 1. The molecular formula is C11H20N2. The van der Waals surface area contributed by atoms with E-state index in [4.69, 9.17) is 5.73 Å². The van der Waals surface area contributed by atoms with Gasteiger partial charge in [-0.1, -0.05) is 32.0 Å². The van der Waals surface area contributed by atoms with Gasteiger partial charge in [0.1, 0.15) is 0 Å². The number of benzene rings is 1. The van der Waals surface area contributed by atoms with Gasteiger partial charge in [-0.25, -0.2) is 0 Å². The summed E-state index contributed by atoms with van der Waals surface area (Å²) in [4.78, 5) is 0. The molecule has 2 nitrogen and oxygen atoms in total. The zero-order valence-electron chi connectivity index (χ0n) is 8.96. The minimum absolute atomic E-state index is 0.529. The van der Waals surface area contributed by atoms with Gasteiger partial charge in [0.25, 0.3) is 0 Å². The number of nitrogen functional groups attached to an aromatic ring is 1. The quantitative estimate of drug-likeness (QED) is 0.650. The van der Waals surface area contributed by atoms with Gasteiger partial charge in [-0.2, -0.15) is 0 Å². The molecule has 1 rings (SSSR count). The number of hydrogen-bond donors (Lipinski definition) is 2. The highest BCUT2D eigenvalue weighted by Crippen LogP contribution is 2.19. The van der Waals surface area contributed by atoms with Crippen LogP contribution < -0.4 is 11.1 Å². The van der Waals surface area contributed by atoms with Crippen molar-refractivity contribution in [3.05, 3.63) is 29.8 Å². The molecular weight excluding hydrogens is 160 g/mol. The van der Waals surface area contributed by atoms with Crippen molar-refractivity contribution in [1.29, 1.82) is 0 Å². The Kier molecular flexibility index (Phi) is 5.98. The lowest BCUT2D eigenvalue weighted by molar-refractivity contribution is 0.870. The molecule has 0 unspecified atom stereocenters. The summed E-state index contributed by atoms with van der Waals surface area (Å²) in [6, 6.07) is 7.99. The van der Waals surface area contributed by atoms with E-state index < -0.39 is 0 Å². The Morgan fingerprint density at radius 2 is 1.62 bits per heavy atom. The molecule has 3 N–H and O–H groups in total. The van der Waals surface area contributed by atoms with Crippen LogP contribution in [0.4, 0.5) is 5.69 Å². The Bertz CT molecular complexity index is 231. The molecule has 0 saturated carbocycles. The third-order valence-electron chi connectivity index (χ3n) is 1.62. The molecule has 0 radical (unpaired) electrons. The highest BCUT2D eigenvalue weighted by Gasteiger charge is 2.00. The molecule has 1 aromatic rings. The molecule has 0 aliphatic rings. The maximum absolute atomic E-state index is 5.72. The summed E-state index contributed by atoms with van der Waals surface area (Å²) in [5.74, 6) is 0.529. The Morgan fingerprint density at radius 1 is 1.15 bits per heavy atom. The molecule has 0 aromatic heterocycles. The molecule has 74 valence electrons. The average Bonchev–Trinajstić information content (AvgIpc) is 2.06. The Hall–Kier alpha value is -1.02. The molecule has 13 heavy (non-hydrogen) atoms. The lowest BCUT2D eigenvalue weighted by Gasteiger charge is -2.07. The highest BCUT2D eigenvalue weighted by molar-refractivity contribution is 5.47. The Labute approximate surface area is 81.2 Å². The van der Waals surface area contributed by atoms with Gasteiger partial charge in [0.05, 0.1) is 0 Å². The van der Waals surface area contributed by atoms with Gasteiger partial charge in [-0.15, -0.1) is 0 Å². The number of para-hydroxylation sites is 1. The summed E-state index contributed by atoms with van der Waals surface area (Å²) in [6.45, 7) is 4.29. The van der Waals surface area contributed by atoms with E-state index in [1.54, 1.807) is 0 Å². The first-order valence-electron chi connectivity index (χ1n) is 4.56. The van der Waals surface area contributed by atoms with Crippen molar-refractivity contribution in [2.45, 2.75) is 19.8 Å². The van der Waals surface area contributed by atoms with Gasteiger partial charge in [-0.3, -0.25) is 0 Å². The second-order valence-corrected chi connectivity index (χ2v) is 3.28. The van der Waals surface area contributed by atoms with E-state index in [2.05, 4.69) is 25.2 Å². The molecule has 0 fully saturated rings. The van der Waals surface area contributed by atoms with E-state index in [1.165, 1.54) is 5.56 Å². The largest absolute Gasteiger partial charge is 0.398 e. The third-order valence-corrected chi connectivity index (χ3v) is 1.62. The van der Waals surface area contributed by atoms with E-state index in [9.17, 15) is 0 Å². The van der Waals surface area contributed by atoms with Crippen LogP contribution in [-0.4, -0.2) is 14.1 Å². The van der Waals surface area contributed by atoms with Crippen molar-refractivity contribution < 1.29 is 0 Å². The van der Waals surface area contributed by atoms with Crippen LogP contribution in [-0.2, 0) is 0 Å². The monoisotopic (exact) mass is 180 g/mol. The summed E-state index contributed by atoms with van der Waals surface area (Å²) in [5.41, 5.74) is 7.86. The van der Waals surface area contributed by atoms with Gasteiger partial charge in [0, 0.05) is 5.69 Å². The van der Waals surface area contributed by atoms with Crippen LogP contribution in [0.3, 0.4) is 0 Å². The fourth-order valence-corrected chi connectivity index (χ4v) is 1.04. The zero-order chi connectivity index (χ0) is 10.3. The maximum Gasteiger partial charge on any atom is 0.0349 e. The SMILES string of the molecule is CC(C)c1ccccc1N.CNC. The minimum Gasteiger partial charge on any atom is -0.398 e. The van der Waals surface area contributed by atoms with Crippen LogP contribution in [0.25, 0.3) is 0 Å². The fraction of sp³-hybridized carbons (Fsp3) is 0.455. The van der Waals surface area contributed by atoms with Crippen LogP contribution in [0.1, 0.15) is 25.3 Å². The van der Waals surface area contributed by atoms with Gasteiger partial charge in [0.2, 0.25) is 0 Å². The van der Waals surface area contributed by atoms with Gasteiger partial charge in [0.15, 0.2) is 0 Å². The van der Waals surface area contributed by atoms with Crippen molar-refractivity contribution in [2.24, 2.45) is 0 Å². The van der Waals surface area contributed by atoms with Crippen molar-refractivity contribution >= 4 is 5.69 Å². The first-order valence-corrected chi connectivity index (χ1v) is 4.56. The average molecular weight is 180 g/mol. The Morgan fingerprint density at radius 3 is 1.92 bits per heavy atom. The number of nitrogens with two attached hydrogens (primary N) is 1. The molecule has 0 aliphatic carbocycles. The third kappa shape index (κ3) is 4.53. The van der Waals surface area contributed by atoms with Crippen molar-refractivity contribution in [3.63, 3.8) is 0 Å². The van der Waals surface area contributed by atoms with Crippen LogP contribution in [0.5, 0.6) is 0 Å². The van der Waals surface area contributed by atoms with Crippen molar-refractivity contribution in [3.8, 4) is 0 Å². The number of rotatable bonds is 1. The molecule has 0 atom stereocenters. The summed E-state index contributed by atoms with van der Waals surface area (Å²) in [5, 5.41) is 2.75. The summed E-state index contributed by atoms with van der Waals surface area (Å²) >= 11 is 0. The van der Waals surface area contributed by atoms with Crippen LogP contribution in [0, 0.1) is 0 Å². The van der Waals surface area contributed by atoms with E-state index >= 15 is 0 Å². The molecule has 0 amide bonds. The zero-order valence-corrected chi connectivity index (χ0v) is 8.96. The fourth-order valence-electron chi connectivity index (χ4n) is 1.04. The van der Waals surface area contributed by atoms with Crippen molar-refractivity contribution in [1.82, 2.24) is 5.32 Å². The van der Waals surface area contributed by atoms with E-state index in [0.717, 1.165) is 5.69 Å². The standard InChI is InChI=1S/C9H13N.C2H7N/c1-7(2)8-5-3-4-6-9(8)10;1-3-2/h3-7H,10H2,1-2H3;3H,1-2H3. The van der Waals surface area contributed by atoms with Crippen molar-refractivity contribution in [2.75, 3.05) is 19.8 Å². The first-order chi connectivity index (χ1) is 6.13. The van der Waals surface area contributed by atoms with Crippen LogP contribution in [0.15, 0.2) is 24.3 Å². The normalized spacial score (nSPS) is 9.31. The number of nitrogens with one attached hydrogen (secondary N) is 1. The lowest BCUT2D eigenvalue weighted by atomic mass is 10.0. The second kappa shape index (κ2) is 6.49. The topological polar surface area (TPSA) is 38.0 Å². The molecule has 0 bridgehead atoms. The smallest absolute Gasteiger partial charge is 0.0349 e. The molecule has 0 saturated heterocycles. The van der Waals surface area contributed by atoms with Gasteiger partial charge in [-0.05, 0) is 31.6 Å². The predicted molar refractivity (Wildman–Crippen MR) is 59.9 cm³/mol. The first kappa shape index (κ1) is 12.0. The molecule has 0 heterocycles. The Balaban J connectivity index is 0.000000424. The van der Waals surface area contributed by atoms with Gasteiger partial charge < -0.3 is 11.1 Å². The van der Waals surface area contributed by atoms with E-state index in [-0.39, 0.29) is 0 Å². The molecule has 1 aromatic carbocycles. The summed E-state index contributed by atoms with van der Waals surface area (Å²) in [7, 11) is 3.75. The van der Waals surface area contributed by atoms with E-state index in [1.807, 2.05) is 32.3 Å². The lowest BCUT2D eigenvalue weighted by Crippen LogP contribution is -1.94.